The molecule has 0 aliphatic carbocycles. The van der Waals surface area contributed by atoms with Crippen molar-refractivity contribution in [1.82, 2.24) is 9.80 Å². The highest BCUT2D eigenvalue weighted by molar-refractivity contribution is 5.94. The smallest absolute Gasteiger partial charge is 0.253 e. The molecule has 1 saturated heterocycles. The van der Waals surface area contributed by atoms with Crippen LogP contribution in [0.1, 0.15) is 16.8 Å². The highest BCUT2D eigenvalue weighted by atomic mass is 19.1. The average Bonchev–Trinajstić information content (AvgIpc) is 2.46. The molecule has 1 amide bonds. The zero-order chi connectivity index (χ0) is 13.7. The lowest BCUT2D eigenvalue weighted by atomic mass is 10.1. The summed E-state index contributed by atoms with van der Waals surface area (Å²) in [7, 11) is 0. The molecular formula is C14H16FN3O. The summed E-state index contributed by atoms with van der Waals surface area (Å²) in [6, 6.07) is 7.75. The minimum absolute atomic E-state index is 0.0556. The molecule has 0 radical (unpaired) electrons. The molecule has 19 heavy (non-hydrogen) atoms. The van der Waals surface area contributed by atoms with E-state index in [2.05, 4.69) is 11.0 Å². The number of nitriles is 1. The summed E-state index contributed by atoms with van der Waals surface area (Å²) in [4.78, 5) is 16.1. The van der Waals surface area contributed by atoms with Gasteiger partial charge in [0, 0.05) is 44.7 Å². The third kappa shape index (κ3) is 3.52. The predicted molar refractivity (Wildman–Crippen MR) is 69.0 cm³/mol. The molecule has 0 bridgehead atoms. The molecule has 1 aliphatic rings. The first-order valence-electron chi connectivity index (χ1n) is 6.35. The van der Waals surface area contributed by atoms with Crippen molar-refractivity contribution in [2.45, 2.75) is 6.42 Å². The Hall–Kier alpha value is -1.93. The van der Waals surface area contributed by atoms with Gasteiger partial charge in [0.05, 0.1) is 6.07 Å². The molecule has 0 N–H and O–H groups in total. The van der Waals surface area contributed by atoms with Gasteiger partial charge in [-0.2, -0.15) is 5.26 Å². The highest BCUT2D eigenvalue weighted by Gasteiger charge is 2.21. The fourth-order valence-electron chi connectivity index (χ4n) is 2.16. The number of halogens is 1. The van der Waals surface area contributed by atoms with Crippen molar-refractivity contribution in [3.63, 3.8) is 0 Å². The van der Waals surface area contributed by atoms with Gasteiger partial charge in [-0.15, -0.1) is 0 Å². The van der Waals surface area contributed by atoms with Gasteiger partial charge in [-0.05, 0) is 24.3 Å². The number of carbonyl (C=O) groups excluding carboxylic acids is 1. The fourth-order valence-corrected chi connectivity index (χ4v) is 2.16. The van der Waals surface area contributed by atoms with Crippen LogP contribution in [0, 0.1) is 17.1 Å². The van der Waals surface area contributed by atoms with Crippen molar-refractivity contribution in [3.05, 3.63) is 35.6 Å². The van der Waals surface area contributed by atoms with Crippen molar-refractivity contribution < 1.29 is 9.18 Å². The van der Waals surface area contributed by atoms with Crippen LogP contribution in [0.4, 0.5) is 4.39 Å². The van der Waals surface area contributed by atoms with E-state index in [0.29, 0.717) is 25.1 Å². The quantitative estimate of drug-likeness (QED) is 0.828. The molecule has 0 unspecified atom stereocenters. The van der Waals surface area contributed by atoms with Crippen molar-refractivity contribution in [2.24, 2.45) is 0 Å². The topological polar surface area (TPSA) is 47.3 Å². The maximum absolute atomic E-state index is 12.8. The number of hydrogen-bond donors (Lipinski definition) is 0. The van der Waals surface area contributed by atoms with Gasteiger partial charge in [0.2, 0.25) is 0 Å². The number of amides is 1. The minimum Gasteiger partial charge on any atom is -0.336 e. The number of hydrogen-bond acceptors (Lipinski definition) is 3. The van der Waals surface area contributed by atoms with Crippen molar-refractivity contribution in [3.8, 4) is 6.07 Å². The van der Waals surface area contributed by atoms with E-state index in [1.54, 1.807) is 4.90 Å². The van der Waals surface area contributed by atoms with Gasteiger partial charge in [0.1, 0.15) is 5.82 Å². The molecule has 0 saturated carbocycles. The van der Waals surface area contributed by atoms with E-state index >= 15 is 0 Å². The average molecular weight is 261 g/mol. The van der Waals surface area contributed by atoms with E-state index < -0.39 is 0 Å². The minimum atomic E-state index is -0.335. The Morgan fingerprint density at radius 3 is 2.42 bits per heavy atom. The van der Waals surface area contributed by atoms with Crippen LogP contribution in [0.2, 0.25) is 0 Å². The molecule has 0 atom stereocenters. The Labute approximate surface area is 112 Å². The second-order valence-electron chi connectivity index (χ2n) is 4.55. The summed E-state index contributed by atoms with van der Waals surface area (Å²) in [5.74, 6) is -0.391. The van der Waals surface area contributed by atoms with E-state index in [9.17, 15) is 9.18 Å². The predicted octanol–water partition coefficient (Wildman–Crippen LogP) is 1.50. The van der Waals surface area contributed by atoms with Crippen LogP contribution in [0.5, 0.6) is 0 Å². The summed E-state index contributed by atoms with van der Waals surface area (Å²) < 4.78 is 12.8. The lowest BCUT2D eigenvalue weighted by molar-refractivity contribution is 0.0639. The first-order chi connectivity index (χ1) is 9.20. The molecule has 1 aliphatic heterocycles. The molecule has 1 aromatic carbocycles. The molecule has 1 aromatic rings. The first-order valence-corrected chi connectivity index (χ1v) is 6.35. The lowest BCUT2D eigenvalue weighted by Gasteiger charge is -2.34. The Morgan fingerprint density at radius 1 is 1.21 bits per heavy atom. The number of nitrogens with zero attached hydrogens (tertiary/aromatic N) is 3. The van der Waals surface area contributed by atoms with Gasteiger partial charge in [-0.25, -0.2) is 4.39 Å². The van der Waals surface area contributed by atoms with Crippen LogP contribution in [-0.4, -0.2) is 48.4 Å². The Morgan fingerprint density at radius 2 is 1.84 bits per heavy atom. The third-order valence-corrected chi connectivity index (χ3v) is 3.29. The second-order valence-corrected chi connectivity index (χ2v) is 4.55. The third-order valence-electron chi connectivity index (χ3n) is 3.29. The lowest BCUT2D eigenvalue weighted by Crippen LogP contribution is -2.48. The van der Waals surface area contributed by atoms with Gasteiger partial charge >= 0.3 is 0 Å². The fraction of sp³-hybridized carbons (Fsp3) is 0.429. The number of benzene rings is 1. The van der Waals surface area contributed by atoms with Crippen LogP contribution >= 0.6 is 0 Å². The van der Waals surface area contributed by atoms with E-state index in [-0.39, 0.29) is 11.7 Å². The van der Waals surface area contributed by atoms with Gasteiger partial charge < -0.3 is 4.90 Å². The SMILES string of the molecule is N#CCCN1CCN(C(=O)c2ccc(F)cc2)CC1. The Kier molecular flexibility index (Phi) is 4.48. The standard InChI is InChI=1S/C14H16FN3O/c15-13-4-2-12(3-5-13)14(19)18-10-8-17(9-11-18)7-1-6-16/h2-5H,1,7-11H2. The Bertz CT molecular complexity index is 472. The maximum Gasteiger partial charge on any atom is 0.253 e. The number of carbonyl (C=O) groups is 1. The molecule has 5 heteroatoms. The van der Waals surface area contributed by atoms with E-state index in [1.807, 2.05) is 0 Å². The number of piperazine rings is 1. The molecule has 2 rings (SSSR count). The van der Waals surface area contributed by atoms with Crippen molar-refractivity contribution >= 4 is 5.91 Å². The summed E-state index contributed by atoms with van der Waals surface area (Å²) in [5, 5.41) is 8.54. The summed E-state index contributed by atoms with van der Waals surface area (Å²) in [6.45, 7) is 3.64. The van der Waals surface area contributed by atoms with Gasteiger partial charge in [-0.1, -0.05) is 0 Å². The largest absolute Gasteiger partial charge is 0.336 e. The summed E-state index contributed by atoms with van der Waals surface area (Å²) in [6.07, 6.45) is 0.520. The molecular weight excluding hydrogens is 245 g/mol. The molecule has 1 heterocycles. The highest BCUT2D eigenvalue weighted by Crippen LogP contribution is 2.10. The molecule has 1 fully saturated rings. The second kappa shape index (κ2) is 6.30. The summed E-state index contributed by atoms with van der Waals surface area (Å²) in [5.41, 5.74) is 0.520. The monoisotopic (exact) mass is 261 g/mol. The van der Waals surface area contributed by atoms with Crippen LogP contribution in [0.25, 0.3) is 0 Å². The van der Waals surface area contributed by atoms with Gasteiger partial charge in [0.15, 0.2) is 0 Å². The molecule has 100 valence electrons. The zero-order valence-electron chi connectivity index (χ0n) is 10.7. The maximum atomic E-state index is 12.8. The zero-order valence-corrected chi connectivity index (χ0v) is 10.7. The number of rotatable bonds is 3. The van der Waals surface area contributed by atoms with Crippen molar-refractivity contribution in [1.29, 1.82) is 5.26 Å². The van der Waals surface area contributed by atoms with Crippen LogP contribution < -0.4 is 0 Å². The summed E-state index contributed by atoms with van der Waals surface area (Å²) >= 11 is 0. The normalized spacial score (nSPS) is 16.1. The van der Waals surface area contributed by atoms with Crippen LogP contribution in [0.15, 0.2) is 24.3 Å². The van der Waals surface area contributed by atoms with E-state index in [4.69, 9.17) is 5.26 Å². The molecule has 0 spiro atoms. The molecule has 4 nitrogen and oxygen atoms in total. The van der Waals surface area contributed by atoms with E-state index in [1.165, 1.54) is 24.3 Å². The van der Waals surface area contributed by atoms with Crippen molar-refractivity contribution in [2.75, 3.05) is 32.7 Å². The van der Waals surface area contributed by atoms with Gasteiger partial charge in [-0.3, -0.25) is 9.69 Å². The van der Waals surface area contributed by atoms with Gasteiger partial charge in [0.25, 0.3) is 5.91 Å². The van der Waals surface area contributed by atoms with E-state index in [0.717, 1.165) is 19.6 Å². The van der Waals surface area contributed by atoms with Crippen LogP contribution in [-0.2, 0) is 0 Å². The first kappa shape index (κ1) is 13.5. The Balaban J connectivity index is 1.89. The molecule has 0 aromatic heterocycles. The van der Waals surface area contributed by atoms with Crippen LogP contribution in [0.3, 0.4) is 0 Å².